The van der Waals surface area contributed by atoms with Crippen molar-refractivity contribution in [3.05, 3.63) is 212 Å². The molecule has 0 amide bonds. The van der Waals surface area contributed by atoms with Gasteiger partial charge in [0.15, 0.2) is 34.8 Å². The molecule has 6 N–H and O–H groups in total. The van der Waals surface area contributed by atoms with Gasteiger partial charge in [0.1, 0.15) is 63.1 Å². The highest BCUT2D eigenvalue weighted by Crippen LogP contribution is 2.43. The molecule has 5 atom stereocenters. The van der Waals surface area contributed by atoms with Crippen LogP contribution in [-0.2, 0) is 64.7 Å². The van der Waals surface area contributed by atoms with Crippen LogP contribution in [0.5, 0.6) is 0 Å². The van der Waals surface area contributed by atoms with E-state index >= 15 is 0 Å². The number of aliphatic hydroxyl groups excluding tert-OH is 1. The van der Waals surface area contributed by atoms with E-state index in [1.54, 1.807) is 60.2 Å². The maximum Gasteiger partial charge on any atom is 0.435 e. The number of aromatic nitrogens is 29. The number of fused-ring (bicyclic) bond motifs is 5. The lowest BCUT2D eigenvalue weighted by Gasteiger charge is -2.34. The number of aromatic amines is 5. The van der Waals surface area contributed by atoms with Crippen molar-refractivity contribution in [1.29, 1.82) is 0 Å². The van der Waals surface area contributed by atoms with E-state index in [0.29, 0.717) is 124 Å². The molecule has 149 heavy (non-hydrogen) atoms. The number of halogens is 3. The summed E-state index contributed by atoms with van der Waals surface area (Å²) in [4.78, 5) is 97.4. The molecule has 764 valence electrons. The Kier molecular flexibility index (Phi) is 27.8. The lowest BCUT2D eigenvalue weighted by atomic mass is 10.1. The predicted octanol–water partition coefficient (Wildman–Crippen LogP) is 15.2. The van der Waals surface area contributed by atoms with Gasteiger partial charge in [0.25, 0.3) is 0 Å². The highest BCUT2D eigenvalue weighted by Gasteiger charge is 2.39. The summed E-state index contributed by atoms with van der Waals surface area (Å²) in [5.74, 6) is 7.77. The normalized spacial score (nSPS) is 17.2. The van der Waals surface area contributed by atoms with Crippen molar-refractivity contribution in [3.8, 4) is 113 Å². The molecule has 0 spiro atoms. The fraction of sp³-hybridized carbons (Fsp3) is 0.333. The zero-order valence-corrected chi connectivity index (χ0v) is 84.4. The van der Waals surface area contributed by atoms with Gasteiger partial charge in [-0.15, -0.1) is 0 Å². The van der Waals surface area contributed by atoms with Gasteiger partial charge in [-0.05, 0) is 123 Å². The van der Waals surface area contributed by atoms with Crippen molar-refractivity contribution < 1.29 is 46.5 Å². The van der Waals surface area contributed by atoms with E-state index in [2.05, 4.69) is 147 Å². The fourth-order valence-electron chi connectivity index (χ4n) is 19.5. The van der Waals surface area contributed by atoms with Crippen molar-refractivity contribution in [1.82, 2.24) is 144 Å². The van der Waals surface area contributed by atoms with Crippen LogP contribution in [0, 0.1) is 27.7 Å². The van der Waals surface area contributed by atoms with E-state index < -0.39 is 11.9 Å². The van der Waals surface area contributed by atoms with Crippen molar-refractivity contribution >= 4 is 84.3 Å². The average molecular weight is 2020 g/mol. The van der Waals surface area contributed by atoms with Crippen molar-refractivity contribution in [3.63, 3.8) is 0 Å². The van der Waals surface area contributed by atoms with Gasteiger partial charge in [-0.25, -0.2) is 74.8 Å². The maximum atomic E-state index is 13.7. The molecule has 25 rings (SSSR count). The standard InChI is InChI=1S/C21H20F3N7O.C21H23N7O2.2C21H23N7O.C21H22N6O2/c1-12-11-32-8-7-31(12)17-9-16(15-10-30(2)29-18(15)21(22,23)24)27-20(28-17)14-4-6-26-19-13(14)3-5-25-19;1-13-12-30-8-7-28(13)19-9-17(16-10-24-27(2)18(16)11-29)25-21(26-19)15-4-6-23-20-14(15)3-5-22-20;1-13-12-29-9-8-28(13)19-10-18(17-11-27(3)26-14(17)2)24-21(25-19)16-5-7-23-20-15(16)4-6-22-20;1-13-12-29-9-8-28(13)19-10-18(17-11-24-27(3)14(17)2)25-21(26-19)16-5-7-23-20-15(16)4-6-22-20;1-12-11-28-9-8-27(12)18-10-17(19-13(2)26-29-14(19)3)24-21(25-18)16-5-7-23-20-15(16)4-6-22-20/h3-6,9-10,12H,7-8,11H2,1-2H3,(H,25,26);3-6,9-10,13,29H,7-8,11-12H2,1-2H3,(H,22,23);2*4-7,10-11,13H,8-9,12H2,1-3H3,(H,22,23);4-7,10,12H,8-9,11H2,1-3H3,(H,22,23)/t12-;3*13-;12-/m11111/s1. The summed E-state index contributed by atoms with van der Waals surface area (Å²) in [6.45, 7) is 28.6. The zero-order chi connectivity index (χ0) is 103. The summed E-state index contributed by atoms with van der Waals surface area (Å²) in [5.41, 5.74) is 18.0. The van der Waals surface area contributed by atoms with Gasteiger partial charge < -0.3 is 82.7 Å². The van der Waals surface area contributed by atoms with Gasteiger partial charge in [-0.2, -0.15) is 33.6 Å². The number of alkyl halides is 3. The first-order valence-corrected chi connectivity index (χ1v) is 49.3. The Morgan fingerprint density at radius 1 is 0.356 bits per heavy atom. The topological polar surface area (TPSA) is 452 Å². The molecule has 44 heteroatoms. The summed E-state index contributed by atoms with van der Waals surface area (Å²) in [5, 5.41) is 35.6. The van der Waals surface area contributed by atoms with Gasteiger partial charge in [0.05, 0.1) is 172 Å². The molecule has 0 aliphatic carbocycles. The maximum absolute atomic E-state index is 13.7. The minimum absolute atomic E-state index is 0.0139. The summed E-state index contributed by atoms with van der Waals surface area (Å²) in [6, 6.07) is 30.1. The first kappa shape index (κ1) is 98.5. The third-order valence-corrected chi connectivity index (χ3v) is 27.3. The fourth-order valence-corrected chi connectivity index (χ4v) is 19.5. The largest absolute Gasteiger partial charge is 0.435 e. The Bertz CT molecular complexity index is 8050. The summed E-state index contributed by atoms with van der Waals surface area (Å²) in [7, 11) is 7.14. The molecule has 5 aliphatic rings. The molecule has 20 aromatic rings. The number of morpholine rings is 5. The van der Waals surface area contributed by atoms with Crippen LogP contribution in [0.15, 0.2) is 182 Å². The number of nitrogens with zero attached hydrogens (tertiary/aromatic N) is 29. The molecule has 0 saturated carbocycles. The Labute approximate surface area is 852 Å². The molecule has 25 heterocycles. The average Bonchev–Trinajstić information content (AvgIpc) is 1.67. The lowest BCUT2D eigenvalue weighted by Crippen LogP contribution is -2.44. The number of ether oxygens (including phenoxy) is 5. The van der Waals surface area contributed by atoms with Gasteiger partial charge >= 0.3 is 6.18 Å². The van der Waals surface area contributed by atoms with Crippen LogP contribution < -0.4 is 24.5 Å². The quantitative estimate of drug-likeness (QED) is 0.0523. The number of pyridine rings is 5. The molecular formula is C105H111F3N34O7. The van der Waals surface area contributed by atoms with Crippen LogP contribution in [0.2, 0.25) is 0 Å². The van der Waals surface area contributed by atoms with Gasteiger partial charge in [0, 0.05) is 243 Å². The predicted molar refractivity (Wildman–Crippen MR) is 558 cm³/mol. The van der Waals surface area contributed by atoms with Crippen LogP contribution >= 0.6 is 0 Å². The Balaban J connectivity index is 0.000000109. The monoisotopic (exact) mass is 2020 g/mol. The summed E-state index contributed by atoms with van der Waals surface area (Å²) in [6.07, 6.45) is 20.3. The van der Waals surface area contributed by atoms with Gasteiger partial charge in [0.2, 0.25) is 0 Å². The van der Waals surface area contributed by atoms with Gasteiger partial charge in [-0.1, -0.05) is 5.16 Å². The number of nitrogens with one attached hydrogen (secondary N) is 5. The van der Waals surface area contributed by atoms with E-state index in [9.17, 15) is 18.3 Å². The van der Waals surface area contributed by atoms with E-state index in [-0.39, 0.29) is 48.1 Å². The van der Waals surface area contributed by atoms with Crippen LogP contribution in [0.3, 0.4) is 0 Å². The molecule has 5 aliphatic heterocycles. The molecule has 5 saturated heterocycles. The minimum Gasteiger partial charge on any atom is -0.390 e. The van der Waals surface area contributed by atoms with Crippen LogP contribution in [0.25, 0.3) is 168 Å². The number of H-pyrrole nitrogens is 5. The molecule has 0 radical (unpaired) electrons. The Morgan fingerprint density at radius 2 is 0.658 bits per heavy atom. The molecule has 41 nitrogen and oxygen atoms in total. The van der Waals surface area contributed by atoms with E-state index in [1.165, 1.54) is 13.2 Å². The molecule has 0 aromatic carbocycles. The highest BCUT2D eigenvalue weighted by atomic mass is 19.4. The smallest absolute Gasteiger partial charge is 0.390 e. The second kappa shape index (κ2) is 42.1. The number of anilines is 5. The molecule has 5 fully saturated rings. The third kappa shape index (κ3) is 20.3. The number of rotatable bonds is 16. The molecule has 0 unspecified atom stereocenters. The van der Waals surface area contributed by atoms with Crippen molar-refractivity contribution in [2.24, 2.45) is 28.2 Å². The Hall–Kier alpha value is -16.6. The number of hydrogen-bond donors (Lipinski definition) is 6. The van der Waals surface area contributed by atoms with Crippen molar-refractivity contribution in [2.45, 2.75) is 105 Å². The second-order valence-corrected chi connectivity index (χ2v) is 37.4. The molecule has 0 bridgehead atoms. The van der Waals surface area contributed by atoms with E-state index in [1.807, 2.05) is 167 Å². The lowest BCUT2D eigenvalue weighted by molar-refractivity contribution is -0.141. The SMILES string of the molecule is C[C@@H]1COCCN1c1cc(-c2cn(C)nc2C(F)(F)F)nc(-c2ccnc3[nH]ccc23)n1.C[C@@H]1COCCN1c1cc(-c2cnn(C)c2CO)nc(-c2ccnc3[nH]ccc23)n1.Cc1c(-c2cc(N3CCOC[C@H]3C)nc(-c3ccnc4[nH]ccc34)n2)cnn1C.Cc1nn(C)cc1-c1cc(N2CCOC[C@H]2C)nc(-c2ccnc3[nH]ccc23)n1.Cc1noc(C)c1-c1cc(N2CCOC[C@H]2C)nc(-c2ccnc3[nH]ccc23)n1. The molecular weight excluding hydrogens is 1910 g/mol. The highest BCUT2D eigenvalue weighted by molar-refractivity contribution is 5.96. The van der Waals surface area contributed by atoms with Crippen molar-refractivity contribution in [2.75, 3.05) is 123 Å². The van der Waals surface area contributed by atoms with Gasteiger partial charge in [-0.3, -0.25) is 18.7 Å². The zero-order valence-electron chi connectivity index (χ0n) is 84.4. The first-order valence-electron chi connectivity index (χ1n) is 49.3. The van der Waals surface area contributed by atoms with Crippen LogP contribution in [-0.4, -0.2) is 278 Å². The van der Waals surface area contributed by atoms with Crippen LogP contribution in [0.1, 0.15) is 68.8 Å². The van der Waals surface area contributed by atoms with E-state index in [0.717, 1.165) is 194 Å². The molecule has 20 aromatic heterocycles. The minimum atomic E-state index is -4.61. The summed E-state index contributed by atoms with van der Waals surface area (Å²) >= 11 is 0. The number of aryl methyl sites for hydroxylation is 7. The number of hydrogen-bond acceptors (Lipinski definition) is 32. The van der Waals surface area contributed by atoms with E-state index in [4.69, 9.17) is 73.1 Å². The number of aliphatic hydroxyl groups is 1. The first-order chi connectivity index (χ1) is 72.3. The Morgan fingerprint density at radius 3 is 0.960 bits per heavy atom. The second-order valence-electron chi connectivity index (χ2n) is 37.4. The van der Waals surface area contributed by atoms with Crippen LogP contribution in [0.4, 0.5) is 42.3 Å². The third-order valence-electron chi connectivity index (χ3n) is 27.3. The summed E-state index contributed by atoms with van der Waals surface area (Å²) < 4.78 is 81.0.